The predicted octanol–water partition coefficient (Wildman–Crippen LogP) is 6.17. The SMILES string of the molecule is C[C@@H](O)[C@@H]1NC(=O)[C@H](CCCCN)NC(=O)[C@@H](Cc2c[nH]c3ccccc23)NC(=O)[C@H](Cc2ccncc2)NC(=O)[C@H](Cc2ccccc2)NC(=O)[C@H](CCCN=C(N)N)CC(=O)[C@H](NC(=O)CSC[C@@H]2C[C@@H]3c4cccc5c4C(=CC5)C[C@H]3N(C)C2)CCCCCC(=O)[C@H](Cc2ccccc2)CC1=O. The number of fused-ring (bicyclic) bond motifs is 3. The van der Waals surface area contributed by atoms with E-state index in [1.165, 1.54) is 53.3 Å². The van der Waals surface area contributed by atoms with Gasteiger partial charge in [-0.2, -0.15) is 11.8 Å². The molecule has 4 heterocycles. The van der Waals surface area contributed by atoms with Crippen LogP contribution in [-0.4, -0.2) is 165 Å². The van der Waals surface area contributed by atoms with Crippen LogP contribution in [0, 0.1) is 17.8 Å². The molecule has 558 valence electrons. The maximum atomic E-state index is 15.4. The van der Waals surface area contributed by atoms with Crippen LogP contribution < -0.4 is 49.1 Å². The van der Waals surface area contributed by atoms with E-state index in [0.29, 0.717) is 66.7 Å². The lowest BCUT2D eigenvalue weighted by molar-refractivity contribution is -0.136. The first-order chi connectivity index (χ1) is 50.8. The average Bonchev–Trinajstić information content (AvgIpc) is 1.62. The minimum atomic E-state index is -1.51. The Morgan fingerprint density at radius 1 is 0.667 bits per heavy atom. The fraction of sp³-hybridized carbons (Fsp3) is 0.469. The summed E-state index contributed by atoms with van der Waals surface area (Å²) in [5.41, 5.74) is 26.5. The standard InChI is InChI=1S/C81H103N13O10S/c1-50(95)75-72(98)45-58(38-51-18-6-3-7-19-51)70(96)29-11-5-10-27-64(88-73(99)49-105-48-54-39-62-61-25-16-22-55-30-31-56(74(55)61)43-69(62)94(2)47-54)71(97)44-57(23-17-35-86-81(83)84)76(100)90-66(40-52-20-8-4-9-21-52)78(102)91-67(41-53-32-36-85-37-33-53)79(103)92-68(42-59-46-87-63-26-13-12-24-60(59)63)80(104)89-65(77(101)93-75)28-14-15-34-82/h3-4,6-9,12-13,16,18-22,24-26,31-33,36-37,46,50,54,57-58,62,64-69,75,87,95H,5,10-11,14-15,17,23,27-30,34-35,38-45,47-49,82H2,1-2H3,(H,88,99)(H,89,104)(H,90,100)(H,91,102)(H,92,103)(H,93,101)(H4,83,84,86)/t50-,54-,57-,58-,62-,64-,65+,66+,67+,68-,69-,75+/m1/s1. The third-order valence-corrected chi connectivity index (χ3v) is 22.2. The van der Waals surface area contributed by atoms with E-state index in [2.05, 4.69) is 83.1 Å². The first-order valence-corrected chi connectivity index (χ1v) is 38.4. The number of hydrogen-bond acceptors (Lipinski definition) is 15. The van der Waals surface area contributed by atoms with Gasteiger partial charge in [0, 0.05) is 105 Å². The third kappa shape index (κ3) is 22.1. The first kappa shape index (κ1) is 78.2. The van der Waals surface area contributed by atoms with Crippen molar-refractivity contribution < 1.29 is 48.3 Å². The van der Waals surface area contributed by atoms with Gasteiger partial charge in [-0.3, -0.25) is 53.1 Å². The number of piperidine rings is 1. The number of thioether (sulfide) groups is 1. The number of nitrogens with two attached hydrogens (primary N) is 3. The van der Waals surface area contributed by atoms with Crippen molar-refractivity contribution >= 4 is 87.0 Å². The molecule has 4 aromatic carbocycles. The summed E-state index contributed by atoms with van der Waals surface area (Å²) >= 11 is 1.53. The van der Waals surface area contributed by atoms with Crippen molar-refractivity contribution in [3.63, 3.8) is 0 Å². The Kier molecular flexibility index (Phi) is 28.8. The highest BCUT2D eigenvalue weighted by Crippen LogP contribution is 2.49. The molecule has 0 saturated carbocycles. The van der Waals surface area contributed by atoms with Gasteiger partial charge < -0.3 is 64.1 Å². The number of nitrogens with zero attached hydrogens (tertiary/aromatic N) is 3. The molecular formula is C81H103N13O10S. The topological polar surface area (TPSA) is 368 Å². The van der Waals surface area contributed by atoms with Crippen LogP contribution in [0.2, 0.25) is 0 Å². The molecule has 2 saturated heterocycles. The summed E-state index contributed by atoms with van der Waals surface area (Å²) in [4.78, 5) is 149. The van der Waals surface area contributed by atoms with Crippen molar-refractivity contribution in [2.45, 2.75) is 183 Å². The Bertz CT molecular complexity index is 4040. The Balaban J connectivity index is 0.964. The number of rotatable bonds is 22. The van der Waals surface area contributed by atoms with Crippen LogP contribution in [0.25, 0.3) is 16.5 Å². The van der Waals surface area contributed by atoms with Crippen molar-refractivity contribution in [2.75, 3.05) is 38.2 Å². The van der Waals surface area contributed by atoms with Crippen LogP contribution in [0.15, 0.2) is 145 Å². The number of allylic oxidation sites excluding steroid dienone is 1. The van der Waals surface area contributed by atoms with E-state index in [9.17, 15) is 24.3 Å². The number of aromatic amines is 1. The molecular weight excluding hydrogens is 1350 g/mol. The lowest BCUT2D eigenvalue weighted by Crippen LogP contribution is -2.60. The van der Waals surface area contributed by atoms with Crippen molar-refractivity contribution in [1.82, 2.24) is 46.8 Å². The zero-order chi connectivity index (χ0) is 74.4. The number of aliphatic hydroxyl groups is 1. The number of para-hydroxylation sites is 1. The third-order valence-electron chi connectivity index (χ3n) is 21.0. The summed E-state index contributed by atoms with van der Waals surface area (Å²) in [6.07, 6.45) is 10.5. The van der Waals surface area contributed by atoms with Gasteiger partial charge in [0.15, 0.2) is 17.5 Å². The van der Waals surface area contributed by atoms with E-state index in [-0.39, 0.29) is 107 Å². The zero-order valence-electron chi connectivity index (χ0n) is 60.3. The van der Waals surface area contributed by atoms with Crippen LogP contribution in [0.1, 0.15) is 142 Å². The highest BCUT2D eigenvalue weighted by Gasteiger charge is 2.42. The number of unbranched alkanes of at least 4 members (excludes halogenated alkanes) is 1. The van der Waals surface area contributed by atoms with Gasteiger partial charge in [-0.1, -0.05) is 116 Å². The minimum absolute atomic E-state index is 0.0419. The number of aliphatic hydroxyl groups excluding tert-OH is 1. The Morgan fingerprint density at radius 2 is 1.30 bits per heavy atom. The molecule has 0 spiro atoms. The molecule has 0 unspecified atom stereocenters. The Hall–Kier alpha value is -9.36. The summed E-state index contributed by atoms with van der Waals surface area (Å²) < 4.78 is 0. The zero-order valence-corrected chi connectivity index (χ0v) is 61.1. The number of amides is 6. The molecule has 0 bridgehead atoms. The monoisotopic (exact) mass is 1450 g/mol. The molecule has 2 fully saturated rings. The number of aliphatic imine (C=N–C) groups is 1. The summed E-state index contributed by atoms with van der Waals surface area (Å²) in [7, 11) is 2.20. The largest absolute Gasteiger partial charge is 0.391 e. The van der Waals surface area contributed by atoms with Gasteiger partial charge in [-0.05, 0) is 166 Å². The second kappa shape index (κ2) is 38.6. The summed E-state index contributed by atoms with van der Waals surface area (Å²) in [6.45, 7) is 2.63. The number of pyridine rings is 1. The summed E-state index contributed by atoms with van der Waals surface area (Å²) in [5, 5.41) is 29.6. The fourth-order valence-electron chi connectivity index (χ4n) is 15.5. The van der Waals surface area contributed by atoms with E-state index in [0.717, 1.165) is 48.0 Å². The highest BCUT2D eigenvalue weighted by molar-refractivity contribution is 7.99. The van der Waals surface area contributed by atoms with Crippen LogP contribution >= 0.6 is 11.8 Å². The molecule has 6 aromatic rings. The average molecular weight is 1450 g/mol. The number of aromatic nitrogens is 2. The molecule has 4 aliphatic rings. The second-order valence-corrected chi connectivity index (χ2v) is 29.9. The number of ketones is 3. The normalized spacial score (nSPS) is 24.6. The number of guanidine groups is 1. The Labute approximate surface area is 619 Å². The summed E-state index contributed by atoms with van der Waals surface area (Å²) in [5.74, 6) is -6.05. The van der Waals surface area contributed by atoms with Crippen molar-refractivity contribution in [3.8, 4) is 0 Å². The number of hydrogen-bond donors (Lipinski definition) is 11. The number of likely N-dealkylation sites (N-methyl/N-ethyl adjacent to an activating group) is 1. The predicted molar refractivity (Wildman–Crippen MR) is 408 cm³/mol. The molecule has 24 heteroatoms. The minimum Gasteiger partial charge on any atom is -0.391 e. The molecule has 2 aliphatic heterocycles. The van der Waals surface area contributed by atoms with Gasteiger partial charge in [0.05, 0.1) is 17.9 Å². The molecule has 10 rings (SSSR count). The lowest BCUT2D eigenvalue weighted by atomic mass is 9.70. The fourth-order valence-corrected chi connectivity index (χ4v) is 16.5. The van der Waals surface area contributed by atoms with Crippen molar-refractivity contribution in [3.05, 3.63) is 179 Å². The van der Waals surface area contributed by atoms with Crippen molar-refractivity contribution in [2.24, 2.45) is 39.9 Å². The van der Waals surface area contributed by atoms with Gasteiger partial charge in [-0.25, -0.2) is 0 Å². The summed E-state index contributed by atoms with van der Waals surface area (Å²) in [6, 6.07) is 27.9. The first-order valence-electron chi connectivity index (χ1n) is 37.2. The van der Waals surface area contributed by atoms with E-state index in [4.69, 9.17) is 17.2 Å². The number of nitrogens with one attached hydrogen (secondary N) is 7. The smallest absolute Gasteiger partial charge is 0.243 e. The number of carbonyl (C=O) groups excluding carboxylic acids is 9. The number of benzene rings is 4. The molecule has 105 heavy (non-hydrogen) atoms. The maximum absolute atomic E-state index is 15.4. The van der Waals surface area contributed by atoms with E-state index >= 15 is 24.0 Å². The van der Waals surface area contributed by atoms with Gasteiger partial charge in [0.25, 0.3) is 0 Å². The molecule has 14 N–H and O–H groups in total. The van der Waals surface area contributed by atoms with E-state index in [1.807, 2.05) is 60.7 Å². The molecule has 2 aromatic heterocycles. The van der Waals surface area contributed by atoms with Crippen LogP contribution in [-0.2, 0) is 75.3 Å². The van der Waals surface area contributed by atoms with Crippen LogP contribution in [0.4, 0.5) is 0 Å². The maximum Gasteiger partial charge on any atom is 0.243 e. The van der Waals surface area contributed by atoms with Crippen LogP contribution in [0.3, 0.4) is 0 Å². The molecule has 2 aliphatic carbocycles. The molecule has 6 amide bonds. The van der Waals surface area contributed by atoms with Gasteiger partial charge in [0.1, 0.15) is 36.0 Å². The lowest BCUT2D eigenvalue weighted by Gasteiger charge is -2.46. The molecule has 23 nitrogen and oxygen atoms in total. The second-order valence-electron chi connectivity index (χ2n) is 28.9. The van der Waals surface area contributed by atoms with E-state index < -0.39 is 95.3 Å². The molecule has 12 atom stereocenters. The number of H-pyrrole nitrogens is 1. The Morgan fingerprint density at radius 3 is 2.00 bits per heavy atom. The van der Waals surface area contributed by atoms with Crippen molar-refractivity contribution in [1.29, 1.82) is 0 Å². The highest BCUT2D eigenvalue weighted by atomic mass is 32.2. The van der Waals surface area contributed by atoms with E-state index in [1.54, 1.807) is 42.6 Å². The van der Waals surface area contributed by atoms with Gasteiger partial charge in [0.2, 0.25) is 35.4 Å². The number of carbonyl (C=O) groups is 9. The van der Waals surface area contributed by atoms with Gasteiger partial charge >= 0.3 is 0 Å². The quantitative estimate of drug-likeness (QED) is 0.0206. The van der Waals surface area contributed by atoms with Gasteiger partial charge in [-0.15, -0.1) is 0 Å². The number of Topliss-reactive ketones (excluding diaryl/α,β-unsaturated/α-hetero) is 3. The molecule has 0 radical (unpaired) electrons. The number of likely N-dealkylation sites (tertiary alicyclic amines) is 1. The van der Waals surface area contributed by atoms with Crippen LogP contribution in [0.5, 0.6) is 0 Å².